The van der Waals surface area contributed by atoms with E-state index < -0.39 is 0 Å². The van der Waals surface area contributed by atoms with E-state index in [9.17, 15) is 4.79 Å². The molecule has 4 aromatic rings. The second kappa shape index (κ2) is 9.67. The lowest BCUT2D eigenvalue weighted by Crippen LogP contribution is -2.30. The van der Waals surface area contributed by atoms with Crippen molar-refractivity contribution in [3.8, 4) is 0 Å². The van der Waals surface area contributed by atoms with Crippen LogP contribution in [0.15, 0.2) is 59.4 Å². The maximum Gasteiger partial charge on any atom is 0.252 e. The zero-order valence-corrected chi connectivity index (χ0v) is 19.1. The van der Waals surface area contributed by atoms with Crippen LogP contribution in [-0.4, -0.2) is 36.6 Å². The molecule has 1 fully saturated rings. The van der Waals surface area contributed by atoms with Gasteiger partial charge in [0, 0.05) is 24.2 Å². The summed E-state index contributed by atoms with van der Waals surface area (Å²) in [5, 5.41) is 13.7. The van der Waals surface area contributed by atoms with Gasteiger partial charge in [-0.1, -0.05) is 55.3 Å². The van der Waals surface area contributed by atoms with Gasteiger partial charge in [-0.15, -0.1) is 5.10 Å². The van der Waals surface area contributed by atoms with E-state index in [4.69, 9.17) is 0 Å². The highest BCUT2D eigenvalue weighted by Gasteiger charge is 2.23. The summed E-state index contributed by atoms with van der Waals surface area (Å²) < 4.78 is 2.01. The smallest absolute Gasteiger partial charge is 0.252 e. The van der Waals surface area contributed by atoms with Gasteiger partial charge in [0.05, 0.1) is 12.6 Å². The van der Waals surface area contributed by atoms with Crippen molar-refractivity contribution < 1.29 is 0 Å². The van der Waals surface area contributed by atoms with Crippen LogP contribution in [0.1, 0.15) is 54.2 Å². The van der Waals surface area contributed by atoms with E-state index in [2.05, 4.69) is 61.8 Å². The quantitative estimate of drug-likeness (QED) is 0.443. The number of aromatic nitrogens is 5. The van der Waals surface area contributed by atoms with Crippen molar-refractivity contribution in [3.05, 3.63) is 87.5 Å². The molecule has 0 spiro atoms. The summed E-state index contributed by atoms with van der Waals surface area (Å²) >= 11 is 0. The molecule has 2 aromatic heterocycles. The summed E-state index contributed by atoms with van der Waals surface area (Å²) in [5.74, 6) is 0.878. The first kappa shape index (κ1) is 21.5. The Morgan fingerprint density at radius 3 is 2.70 bits per heavy atom. The van der Waals surface area contributed by atoms with Crippen LogP contribution in [-0.2, 0) is 19.5 Å². The number of pyridine rings is 1. The molecule has 7 heteroatoms. The van der Waals surface area contributed by atoms with E-state index in [-0.39, 0.29) is 5.56 Å². The zero-order chi connectivity index (χ0) is 22.6. The molecule has 0 radical (unpaired) electrons. The fourth-order valence-corrected chi connectivity index (χ4v) is 4.81. The Kier molecular flexibility index (Phi) is 6.30. The lowest BCUT2D eigenvalue weighted by atomic mass is 10.1. The molecule has 2 aromatic carbocycles. The summed E-state index contributed by atoms with van der Waals surface area (Å²) in [4.78, 5) is 18.3. The zero-order valence-electron chi connectivity index (χ0n) is 19.1. The van der Waals surface area contributed by atoms with Crippen LogP contribution in [0.25, 0.3) is 10.9 Å². The van der Waals surface area contributed by atoms with Crippen LogP contribution in [0.5, 0.6) is 0 Å². The number of tetrazole rings is 1. The third-order valence-electron chi connectivity index (χ3n) is 6.63. The van der Waals surface area contributed by atoms with Gasteiger partial charge in [-0.25, -0.2) is 4.68 Å². The molecular weight excluding hydrogens is 412 g/mol. The molecule has 0 unspecified atom stereocenters. The molecule has 0 atom stereocenters. The monoisotopic (exact) mass is 442 g/mol. The lowest BCUT2D eigenvalue weighted by Gasteiger charge is -2.23. The molecule has 1 N–H and O–H groups in total. The molecule has 0 saturated heterocycles. The maximum absolute atomic E-state index is 12.9. The third kappa shape index (κ3) is 5.03. The number of nitrogens with one attached hydrogen (secondary N) is 1. The number of fused-ring (bicyclic) bond motifs is 1. The molecule has 5 rings (SSSR count). The Bertz CT molecular complexity index is 1270. The minimum atomic E-state index is -0.0341. The highest BCUT2D eigenvalue weighted by Crippen LogP contribution is 2.29. The number of aromatic amines is 1. The molecule has 1 saturated carbocycles. The van der Waals surface area contributed by atoms with E-state index >= 15 is 0 Å². The number of hydrogen-bond acceptors (Lipinski definition) is 5. The molecule has 0 bridgehead atoms. The summed E-state index contributed by atoms with van der Waals surface area (Å²) in [5.41, 5.74) is 4.02. The summed E-state index contributed by atoms with van der Waals surface area (Å²) in [6.45, 7) is 4.00. The molecule has 170 valence electrons. The first-order valence-corrected chi connectivity index (χ1v) is 11.8. The normalized spacial score (nSPS) is 14.5. The molecular formula is C26H30N6O. The number of H-pyrrole nitrogens is 1. The fraction of sp³-hybridized carbons (Fsp3) is 0.385. The molecule has 33 heavy (non-hydrogen) atoms. The van der Waals surface area contributed by atoms with Crippen molar-refractivity contribution in [1.82, 2.24) is 30.1 Å². The van der Waals surface area contributed by atoms with Crippen molar-refractivity contribution in [2.75, 3.05) is 6.54 Å². The van der Waals surface area contributed by atoms with Gasteiger partial charge in [-0.2, -0.15) is 0 Å². The van der Waals surface area contributed by atoms with E-state index in [0.29, 0.717) is 19.1 Å². The highest BCUT2D eigenvalue weighted by molar-refractivity contribution is 5.79. The predicted molar refractivity (Wildman–Crippen MR) is 129 cm³/mol. The average molecular weight is 443 g/mol. The van der Waals surface area contributed by atoms with Gasteiger partial charge in [0.2, 0.25) is 0 Å². The van der Waals surface area contributed by atoms with Crippen LogP contribution >= 0.6 is 0 Å². The standard InChI is InChI=1S/C26H30N6O/c1-19-11-12-21-16-22(26(33)27-24(21)15-19)17-31(14-13-20-7-3-2-4-8-20)18-25-28-29-30-32(25)23-9-5-6-10-23/h2-4,7-8,11-12,15-16,23H,5-6,9-10,13-14,17-18H2,1H3,(H,27,33). The van der Waals surface area contributed by atoms with Crippen LogP contribution in [0.2, 0.25) is 0 Å². The Hall–Kier alpha value is -3.32. The molecule has 1 aliphatic rings. The van der Waals surface area contributed by atoms with E-state index in [1.807, 2.05) is 29.8 Å². The van der Waals surface area contributed by atoms with E-state index in [0.717, 1.165) is 53.7 Å². The summed E-state index contributed by atoms with van der Waals surface area (Å²) in [6, 6.07) is 19.0. The molecule has 2 heterocycles. The van der Waals surface area contributed by atoms with Crippen LogP contribution < -0.4 is 5.56 Å². The lowest BCUT2D eigenvalue weighted by molar-refractivity contribution is 0.243. The van der Waals surface area contributed by atoms with Crippen molar-refractivity contribution in [1.29, 1.82) is 0 Å². The average Bonchev–Trinajstić information content (AvgIpc) is 3.50. The SMILES string of the molecule is Cc1ccc2cc(CN(CCc3ccccc3)Cc3nnnn3C3CCCC3)c(=O)[nH]c2c1. The minimum absolute atomic E-state index is 0.0341. The van der Waals surface area contributed by atoms with Gasteiger partial charge >= 0.3 is 0 Å². The van der Waals surface area contributed by atoms with Gasteiger partial charge in [0.25, 0.3) is 5.56 Å². The molecule has 0 amide bonds. The first-order valence-electron chi connectivity index (χ1n) is 11.8. The third-order valence-corrected chi connectivity index (χ3v) is 6.63. The Labute approximate surface area is 193 Å². The number of benzene rings is 2. The second-order valence-corrected chi connectivity index (χ2v) is 9.14. The minimum Gasteiger partial charge on any atom is -0.322 e. The van der Waals surface area contributed by atoms with Crippen LogP contribution in [0, 0.1) is 6.92 Å². The number of hydrogen-bond donors (Lipinski definition) is 1. The predicted octanol–water partition coefficient (Wildman–Crippen LogP) is 4.18. The van der Waals surface area contributed by atoms with Crippen molar-refractivity contribution in [2.45, 2.75) is 58.2 Å². The van der Waals surface area contributed by atoms with Crippen molar-refractivity contribution in [2.24, 2.45) is 0 Å². The van der Waals surface area contributed by atoms with Crippen molar-refractivity contribution in [3.63, 3.8) is 0 Å². The summed E-state index contributed by atoms with van der Waals surface area (Å²) in [6.07, 6.45) is 5.62. The maximum atomic E-state index is 12.9. The topological polar surface area (TPSA) is 79.7 Å². The van der Waals surface area contributed by atoms with E-state index in [1.54, 1.807) is 0 Å². The number of rotatable bonds is 8. The molecule has 1 aliphatic carbocycles. The van der Waals surface area contributed by atoms with Crippen LogP contribution in [0.4, 0.5) is 0 Å². The fourth-order valence-electron chi connectivity index (χ4n) is 4.81. The van der Waals surface area contributed by atoms with Gasteiger partial charge in [0.1, 0.15) is 0 Å². The Morgan fingerprint density at radius 1 is 1.06 bits per heavy atom. The van der Waals surface area contributed by atoms with Crippen LogP contribution in [0.3, 0.4) is 0 Å². The Balaban J connectivity index is 1.41. The Morgan fingerprint density at radius 2 is 1.88 bits per heavy atom. The van der Waals surface area contributed by atoms with Gasteiger partial charge in [0.15, 0.2) is 5.82 Å². The van der Waals surface area contributed by atoms with E-state index in [1.165, 1.54) is 18.4 Å². The van der Waals surface area contributed by atoms with Crippen molar-refractivity contribution >= 4 is 10.9 Å². The molecule has 0 aliphatic heterocycles. The number of nitrogens with zero attached hydrogens (tertiary/aromatic N) is 5. The molecule has 7 nitrogen and oxygen atoms in total. The van der Waals surface area contributed by atoms with Gasteiger partial charge in [-0.3, -0.25) is 9.69 Å². The highest BCUT2D eigenvalue weighted by atomic mass is 16.1. The number of aryl methyl sites for hydroxylation is 1. The second-order valence-electron chi connectivity index (χ2n) is 9.14. The first-order chi connectivity index (χ1) is 16.2. The van der Waals surface area contributed by atoms with Gasteiger partial charge < -0.3 is 4.98 Å². The van der Waals surface area contributed by atoms with Gasteiger partial charge in [-0.05, 0) is 65.3 Å². The summed E-state index contributed by atoms with van der Waals surface area (Å²) in [7, 11) is 0. The largest absolute Gasteiger partial charge is 0.322 e.